The average Bonchev–Trinajstić information content (AvgIpc) is 3.50. The third-order valence-electron chi connectivity index (χ3n) is 7.70. The Balaban J connectivity index is 1.27. The molecule has 13 heteroatoms. The van der Waals surface area contributed by atoms with Crippen molar-refractivity contribution >= 4 is 38.4 Å². The van der Waals surface area contributed by atoms with E-state index >= 15 is 0 Å². The van der Waals surface area contributed by atoms with E-state index in [1.807, 2.05) is 30.8 Å². The molecule has 0 aromatic carbocycles. The molecule has 1 aliphatic carbocycles. The second kappa shape index (κ2) is 9.26. The first-order chi connectivity index (χ1) is 18.5. The molecule has 0 radical (unpaired) electrons. The zero-order valence-electron chi connectivity index (χ0n) is 22.5. The lowest BCUT2D eigenvalue weighted by Crippen LogP contribution is -2.56. The number of fused-ring (bicyclic) bond motifs is 1. The van der Waals surface area contributed by atoms with Crippen molar-refractivity contribution in [2.45, 2.75) is 63.9 Å². The van der Waals surface area contributed by atoms with Gasteiger partial charge in [-0.3, -0.25) is 4.68 Å². The SMILES string of the molecule is CC[C@@H](C)n1nc(N2CC(C(C)(C)O)C2)c2cnc(Nc3ccnc(-c4cnn(S(=O)(=O)C5CC5)c4)n3)cc21. The predicted octanol–water partition coefficient (Wildman–Crippen LogP) is 3.35. The lowest BCUT2D eigenvalue weighted by atomic mass is 9.84. The Morgan fingerprint density at radius 1 is 1.18 bits per heavy atom. The summed E-state index contributed by atoms with van der Waals surface area (Å²) in [4.78, 5) is 15.7. The molecule has 1 aliphatic heterocycles. The molecule has 5 heterocycles. The molecule has 2 fully saturated rings. The molecule has 1 saturated carbocycles. The van der Waals surface area contributed by atoms with Gasteiger partial charge in [-0.15, -0.1) is 0 Å². The number of pyridine rings is 1. The Kier molecular flexibility index (Phi) is 6.10. The van der Waals surface area contributed by atoms with E-state index in [0.717, 1.165) is 40.3 Å². The fourth-order valence-electron chi connectivity index (χ4n) is 4.70. The normalized spacial score (nSPS) is 17.4. The molecule has 2 N–H and O–H groups in total. The minimum Gasteiger partial charge on any atom is -0.390 e. The van der Waals surface area contributed by atoms with Crippen molar-refractivity contribution in [2.75, 3.05) is 23.3 Å². The van der Waals surface area contributed by atoms with Crippen molar-refractivity contribution in [2.24, 2.45) is 5.92 Å². The summed E-state index contributed by atoms with van der Waals surface area (Å²) >= 11 is 0. The summed E-state index contributed by atoms with van der Waals surface area (Å²) in [6.45, 7) is 9.47. The van der Waals surface area contributed by atoms with E-state index in [9.17, 15) is 13.5 Å². The van der Waals surface area contributed by atoms with Crippen LogP contribution in [0.2, 0.25) is 0 Å². The maximum atomic E-state index is 12.5. The maximum Gasteiger partial charge on any atom is 0.256 e. The van der Waals surface area contributed by atoms with Crippen molar-refractivity contribution in [3.63, 3.8) is 0 Å². The largest absolute Gasteiger partial charge is 0.390 e. The maximum absolute atomic E-state index is 12.5. The van der Waals surface area contributed by atoms with Crippen LogP contribution in [0.5, 0.6) is 0 Å². The molecule has 4 aromatic heterocycles. The molecular formula is C26H33N9O3S. The molecule has 206 valence electrons. The number of rotatable bonds is 9. The van der Waals surface area contributed by atoms with Gasteiger partial charge >= 0.3 is 0 Å². The Bertz CT molecular complexity index is 1630. The molecule has 0 bridgehead atoms. The zero-order valence-corrected chi connectivity index (χ0v) is 23.3. The number of hydrogen-bond donors (Lipinski definition) is 2. The number of aliphatic hydroxyl groups is 1. The molecule has 4 aromatic rings. The Labute approximate surface area is 227 Å². The summed E-state index contributed by atoms with van der Waals surface area (Å²) in [5.41, 5.74) is 0.760. The highest BCUT2D eigenvalue weighted by molar-refractivity contribution is 7.90. The second-order valence-electron chi connectivity index (χ2n) is 11.1. The first-order valence-electron chi connectivity index (χ1n) is 13.3. The van der Waals surface area contributed by atoms with Gasteiger partial charge in [0.2, 0.25) is 0 Å². The lowest BCUT2D eigenvalue weighted by molar-refractivity contribution is 0.00441. The van der Waals surface area contributed by atoms with Gasteiger partial charge in [0, 0.05) is 43.5 Å². The number of nitrogens with zero attached hydrogens (tertiary/aromatic N) is 8. The summed E-state index contributed by atoms with van der Waals surface area (Å²) < 4.78 is 28.1. The minimum absolute atomic E-state index is 0.192. The number of anilines is 3. The molecule has 39 heavy (non-hydrogen) atoms. The summed E-state index contributed by atoms with van der Waals surface area (Å²) in [6.07, 6.45) is 8.62. The van der Waals surface area contributed by atoms with Gasteiger partial charge in [-0.1, -0.05) is 6.92 Å². The first kappa shape index (κ1) is 25.7. The molecule has 1 saturated heterocycles. The van der Waals surface area contributed by atoms with Crippen LogP contribution in [0.25, 0.3) is 22.3 Å². The fourth-order valence-corrected chi connectivity index (χ4v) is 6.18. The molecule has 1 atom stereocenters. The van der Waals surface area contributed by atoms with Crippen molar-refractivity contribution in [1.82, 2.24) is 33.9 Å². The average molecular weight is 552 g/mol. The second-order valence-corrected chi connectivity index (χ2v) is 13.2. The van der Waals surface area contributed by atoms with E-state index in [4.69, 9.17) is 5.10 Å². The fraction of sp³-hybridized carbons (Fsp3) is 0.500. The Morgan fingerprint density at radius 2 is 1.95 bits per heavy atom. The standard InChI is InChI=1S/C26H33N9O3S/c1-5-16(2)35-21-10-23(28-12-20(21)25(32-35)33-14-18(15-33)26(3,4)36)30-22-8-9-27-24(31-22)17-11-29-34(13-17)39(37,38)19-6-7-19/h8-13,16,18-19,36H,5-7,14-15H2,1-4H3,(H,27,28,30,31)/t16-/m1/s1. The highest BCUT2D eigenvalue weighted by Crippen LogP contribution is 2.37. The van der Waals surface area contributed by atoms with Gasteiger partial charge in [0.15, 0.2) is 11.6 Å². The quantitative estimate of drug-likeness (QED) is 0.318. The van der Waals surface area contributed by atoms with E-state index in [0.29, 0.717) is 35.9 Å². The predicted molar refractivity (Wildman–Crippen MR) is 148 cm³/mol. The summed E-state index contributed by atoms with van der Waals surface area (Å²) in [5.74, 6) is 2.57. The summed E-state index contributed by atoms with van der Waals surface area (Å²) in [5, 5.41) is 23.2. The van der Waals surface area contributed by atoms with Crippen LogP contribution in [-0.4, -0.2) is 71.4 Å². The molecular weight excluding hydrogens is 518 g/mol. The molecule has 0 unspecified atom stereocenters. The third-order valence-corrected chi connectivity index (χ3v) is 9.73. The van der Waals surface area contributed by atoms with Crippen LogP contribution >= 0.6 is 0 Å². The van der Waals surface area contributed by atoms with E-state index in [1.54, 1.807) is 12.3 Å². The van der Waals surface area contributed by atoms with Gasteiger partial charge < -0.3 is 15.3 Å². The van der Waals surface area contributed by atoms with E-state index in [1.165, 1.54) is 12.4 Å². The number of nitrogens with one attached hydrogen (secondary N) is 1. The van der Waals surface area contributed by atoms with Crippen molar-refractivity contribution in [3.05, 3.63) is 36.9 Å². The Morgan fingerprint density at radius 3 is 2.64 bits per heavy atom. The van der Waals surface area contributed by atoms with Gasteiger partial charge in [0.1, 0.15) is 11.6 Å². The van der Waals surface area contributed by atoms with Crippen LogP contribution in [0.3, 0.4) is 0 Å². The topological polar surface area (TPSA) is 144 Å². The zero-order chi connectivity index (χ0) is 27.5. The number of hydrogen-bond acceptors (Lipinski definition) is 10. The summed E-state index contributed by atoms with van der Waals surface area (Å²) in [7, 11) is -3.46. The van der Waals surface area contributed by atoms with Crippen LogP contribution in [0, 0.1) is 5.92 Å². The van der Waals surface area contributed by atoms with Crippen molar-refractivity contribution in [3.8, 4) is 11.4 Å². The van der Waals surface area contributed by atoms with Crippen LogP contribution in [0.1, 0.15) is 53.0 Å². The third kappa shape index (κ3) is 4.73. The van der Waals surface area contributed by atoms with Gasteiger partial charge in [-0.25, -0.2) is 23.4 Å². The smallest absolute Gasteiger partial charge is 0.256 e. The molecule has 0 spiro atoms. The van der Waals surface area contributed by atoms with Gasteiger partial charge in [-0.05, 0) is 46.1 Å². The van der Waals surface area contributed by atoms with Crippen LogP contribution < -0.4 is 10.2 Å². The van der Waals surface area contributed by atoms with Crippen molar-refractivity contribution in [1.29, 1.82) is 0 Å². The molecule has 0 amide bonds. The Hall–Kier alpha value is -3.58. The highest BCUT2D eigenvalue weighted by Gasteiger charge is 2.39. The van der Waals surface area contributed by atoms with Crippen molar-refractivity contribution < 1.29 is 13.5 Å². The molecule has 12 nitrogen and oxygen atoms in total. The first-order valence-corrected chi connectivity index (χ1v) is 14.8. The van der Waals surface area contributed by atoms with Gasteiger partial charge in [0.05, 0.1) is 39.7 Å². The minimum atomic E-state index is -3.46. The van der Waals surface area contributed by atoms with Crippen LogP contribution in [0.15, 0.2) is 36.9 Å². The van der Waals surface area contributed by atoms with E-state index < -0.39 is 15.6 Å². The molecule has 6 rings (SSSR count). The van der Waals surface area contributed by atoms with Gasteiger partial charge in [-0.2, -0.15) is 14.3 Å². The highest BCUT2D eigenvalue weighted by atomic mass is 32.2. The number of aromatic nitrogens is 7. The molecule has 2 aliphatic rings. The van der Waals surface area contributed by atoms with Gasteiger partial charge in [0.25, 0.3) is 10.0 Å². The van der Waals surface area contributed by atoms with Crippen LogP contribution in [0.4, 0.5) is 17.5 Å². The lowest BCUT2D eigenvalue weighted by Gasteiger charge is -2.45. The van der Waals surface area contributed by atoms with E-state index in [-0.39, 0.29) is 17.2 Å². The monoisotopic (exact) mass is 551 g/mol. The summed E-state index contributed by atoms with van der Waals surface area (Å²) in [6, 6.07) is 3.89. The van der Waals surface area contributed by atoms with Crippen LogP contribution in [-0.2, 0) is 10.0 Å². The van der Waals surface area contributed by atoms with E-state index in [2.05, 4.69) is 44.1 Å².